The zero-order valence-corrected chi connectivity index (χ0v) is 10.6. The SMILES string of the molecule is CC1CCC(CNc2ccc([N+](=O)[O-])cn2)CC1. The van der Waals surface area contributed by atoms with E-state index >= 15 is 0 Å². The van der Waals surface area contributed by atoms with Gasteiger partial charge in [0.2, 0.25) is 0 Å². The van der Waals surface area contributed by atoms with Gasteiger partial charge in [0.05, 0.1) is 4.92 Å². The van der Waals surface area contributed by atoms with Gasteiger partial charge in [-0.25, -0.2) is 4.98 Å². The molecule has 5 nitrogen and oxygen atoms in total. The second-order valence-electron chi connectivity index (χ2n) is 5.17. The van der Waals surface area contributed by atoms with E-state index in [1.807, 2.05) is 0 Å². The topological polar surface area (TPSA) is 68.1 Å². The van der Waals surface area contributed by atoms with Crippen molar-refractivity contribution in [2.45, 2.75) is 32.6 Å². The number of nitrogens with one attached hydrogen (secondary N) is 1. The Morgan fingerprint density at radius 3 is 2.67 bits per heavy atom. The molecule has 0 bridgehead atoms. The number of nitrogens with zero attached hydrogens (tertiary/aromatic N) is 2. The standard InChI is InChI=1S/C13H19N3O2/c1-10-2-4-11(5-3-10)8-14-13-7-6-12(9-15-13)16(17)18/h6-7,9-11H,2-5,8H2,1H3,(H,14,15). The third-order valence-electron chi connectivity index (χ3n) is 3.67. The average Bonchev–Trinajstić information content (AvgIpc) is 2.38. The number of aromatic nitrogens is 1. The Morgan fingerprint density at radius 1 is 1.39 bits per heavy atom. The molecule has 2 rings (SSSR count). The van der Waals surface area contributed by atoms with Gasteiger partial charge in [-0.15, -0.1) is 0 Å². The van der Waals surface area contributed by atoms with Crippen LogP contribution in [0.25, 0.3) is 0 Å². The van der Waals surface area contributed by atoms with Crippen LogP contribution in [-0.2, 0) is 0 Å². The van der Waals surface area contributed by atoms with Crippen molar-refractivity contribution in [3.8, 4) is 0 Å². The fourth-order valence-electron chi connectivity index (χ4n) is 2.38. The van der Waals surface area contributed by atoms with Gasteiger partial charge in [-0.3, -0.25) is 10.1 Å². The van der Waals surface area contributed by atoms with Crippen molar-refractivity contribution in [3.05, 3.63) is 28.4 Å². The summed E-state index contributed by atoms with van der Waals surface area (Å²) in [6, 6.07) is 3.15. The van der Waals surface area contributed by atoms with Crippen LogP contribution in [0.2, 0.25) is 0 Å². The molecule has 0 aliphatic heterocycles. The highest BCUT2D eigenvalue weighted by Gasteiger charge is 2.17. The Labute approximate surface area is 107 Å². The van der Waals surface area contributed by atoms with Crippen molar-refractivity contribution < 1.29 is 4.92 Å². The van der Waals surface area contributed by atoms with Crippen LogP contribution in [0.15, 0.2) is 18.3 Å². The van der Waals surface area contributed by atoms with Gasteiger partial charge >= 0.3 is 0 Å². The van der Waals surface area contributed by atoms with Crippen LogP contribution in [0.3, 0.4) is 0 Å². The molecule has 0 aromatic carbocycles. The van der Waals surface area contributed by atoms with Crippen molar-refractivity contribution in [1.82, 2.24) is 4.98 Å². The first-order chi connectivity index (χ1) is 8.65. The van der Waals surface area contributed by atoms with Crippen LogP contribution in [0.5, 0.6) is 0 Å². The van der Waals surface area contributed by atoms with Crippen LogP contribution in [0.1, 0.15) is 32.6 Å². The molecule has 1 aromatic heterocycles. The van der Waals surface area contributed by atoms with Gasteiger partial charge in [-0.05, 0) is 30.7 Å². The lowest BCUT2D eigenvalue weighted by molar-refractivity contribution is -0.385. The van der Waals surface area contributed by atoms with Crippen molar-refractivity contribution in [1.29, 1.82) is 0 Å². The molecule has 98 valence electrons. The van der Waals surface area contributed by atoms with E-state index in [4.69, 9.17) is 0 Å². The predicted molar refractivity (Wildman–Crippen MR) is 70.5 cm³/mol. The summed E-state index contributed by atoms with van der Waals surface area (Å²) in [5.41, 5.74) is 0.0343. The van der Waals surface area contributed by atoms with Gasteiger partial charge in [0.1, 0.15) is 12.0 Å². The molecule has 0 unspecified atom stereocenters. The van der Waals surface area contributed by atoms with Crippen LogP contribution in [-0.4, -0.2) is 16.5 Å². The van der Waals surface area contributed by atoms with E-state index in [2.05, 4.69) is 17.2 Å². The molecule has 0 atom stereocenters. The summed E-state index contributed by atoms with van der Waals surface area (Å²) in [5, 5.41) is 13.8. The Bertz CT molecular complexity index is 397. The van der Waals surface area contributed by atoms with E-state index in [0.717, 1.165) is 18.3 Å². The smallest absolute Gasteiger partial charge is 0.287 e. The van der Waals surface area contributed by atoms with Gasteiger partial charge in [0, 0.05) is 12.6 Å². The first-order valence-corrected chi connectivity index (χ1v) is 6.49. The lowest BCUT2D eigenvalue weighted by Crippen LogP contribution is -2.20. The average molecular weight is 249 g/mol. The minimum Gasteiger partial charge on any atom is -0.370 e. The molecule has 1 aromatic rings. The van der Waals surface area contributed by atoms with Crippen molar-refractivity contribution in [3.63, 3.8) is 0 Å². The molecule has 0 radical (unpaired) electrons. The summed E-state index contributed by atoms with van der Waals surface area (Å²) >= 11 is 0. The minimum atomic E-state index is -0.431. The second kappa shape index (κ2) is 5.80. The van der Waals surface area contributed by atoms with Gasteiger partial charge in [-0.1, -0.05) is 19.8 Å². The molecule has 1 heterocycles. The quantitative estimate of drug-likeness (QED) is 0.657. The molecule has 0 spiro atoms. The fraction of sp³-hybridized carbons (Fsp3) is 0.615. The maximum atomic E-state index is 10.5. The maximum Gasteiger partial charge on any atom is 0.287 e. The van der Waals surface area contributed by atoms with Crippen molar-refractivity contribution >= 4 is 11.5 Å². The number of anilines is 1. The van der Waals surface area contributed by atoms with Crippen LogP contribution >= 0.6 is 0 Å². The summed E-state index contributed by atoms with van der Waals surface area (Å²) in [6.07, 6.45) is 6.44. The zero-order valence-electron chi connectivity index (χ0n) is 10.6. The number of rotatable bonds is 4. The van der Waals surface area contributed by atoms with E-state index in [-0.39, 0.29) is 5.69 Å². The van der Waals surface area contributed by atoms with Gasteiger partial charge in [0.15, 0.2) is 0 Å². The summed E-state index contributed by atoms with van der Waals surface area (Å²) in [7, 11) is 0. The highest BCUT2D eigenvalue weighted by Crippen LogP contribution is 2.28. The molecule has 1 aliphatic rings. The molecule has 1 aliphatic carbocycles. The van der Waals surface area contributed by atoms with E-state index in [1.54, 1.807) is 6.07 Å². The Kier molecular flexibility index (Phi) is 4.12. The first-order valence-electron chi connectivity index (χ1n) is 6.49. The third kappa shape index (κ3) is 3.42. The number of pyridine rings is 1. The molecule has 18 heavy (non-hydrogen) atoms. The number of hydrogen-bond donors (Lipinski definition) is 1. The monoisotopic (exact) mass is 249 g/mol. The van der Waals surface area contributed by atoms with E-state index in [0.29, 0.717) is 5.92 Å². The van der Waals surface area contributed by atoms with Crippen LogP contribution in [0, 0.1) is 22.0 Å². The Balaban J connectivity index is 1.81. The molecule has 5 heteroatoms. The highest BCUT2D eigenvalue weighted by atomic mass is 16.6. The second-order valence-corrected chi connectivity index (χ2v) is 5.17. The Morgan fingerprint density at radius 2 is 2.11 bits per heavy atom. The van der Waals surface area contributed by atoms with E-state index in [9.17, 15) is 10.1 Å². The number of nitro groups is 1. The molecule has 0 amide bonds. The van der Waals surface area contributed by atoms with Crippen molar-refractivity contribution in [2.24, 2.45) is 11.8 Å². The van der Waals surface area contributed by atoms with Crippen LogP contribution in [0.4, 0.5) is 11.5 Å². The number of hydrogen-bond acceptors (Lipinski definition) is 4. The van der Waals surface area contributed by atoms with Gasteiger partial charge in [-0.2, -0.15) is 0 Å². The van der Waals surface area contributed by atoms with Gasteiger partial charge < -0.3 is 5.32 Å². The lowest BCUT2D eigenvalue weighted by atomic mass is 9.83. The normalized spacial score (nSPS) is 23.6. The highest BCUT2D eigenvalue weighted by molar-refractivity contribution is 5.40. The van der Waals surface area contributed by atoms with E-state index in [1.165, 1.54) is 37.9 Å². The minimum absolute atomic E-state index is 0.0343. The third-order valence-corrected chi connectivity index (χ3v) is 3.67. The molecular formula is C13H19N3O2. The first kappa shape index (κ1) is 12.8. The van der Waals surface area contributed by atoms with Gasteiger partial charge in [0.25, 0.3) is 5.69 Å². The summed E-state index contributed by atoms with van der Waals surface area (Å²) < 4.78 is 0. The fourth-order valence-corrected chi connectivity index (χ4v) is 2.38. The molecule has 0 saturated heterocycles. The predicted octanol–water partition coefficient (Wildman–Crippen LogP) is 3.23. The molecular weight excluding hydrogens is 230 g/mol. The summed E-state index contributed by atoms with van der Waals surface area (Å²) in [6.45, 7) is 3.22. The Hall–Kier alpha value is -1.65. The molecule has 1 fully saturated rings. The maximum absolute atomic E-state index is 10.5. The largest absolute Gasteiger partial charge is 0.370 e. The van der Waals surface area contributed by atoms with E-state index < -0.39 is 4.92 Å². The molecule has 1 N–H and O–H groups in total. The zero-order chi connectivity index (χ0) is 13.0. The summed E-state index contributed by atoms with van der Waals surface area (Å²) in [4.78, 5) is 14.1. The summed E-state index contributed by atoms with van der Waals surface area (Å²) in [5.74, 6) is 2.29. The van der Waals surface area contributed by atoms with Crippen LogP contribution < -0.4 is 5.32 Å². The van der Waals surface area contributed by atoms with Crippen molar-refractivity contribution in [2.75, 3.05) is 11.9 Å². The molecule has 1 saturated carbocycles. The lowest BCUT2D eigenvalue weighted by Gasteiger charge is -2.26.